The Morgan fingerprint density at radius 1 is 1.48 bits per heavy atom. The van der Waals surface area contributed by atoms with Crippen molar-refractivity contribution in [3.8, 4) is 5.75 Å². The fraction of sp³-hybridized carbons (Fsp3) is 0.438. The van der Waals surface area contributed by atoms with Crippen LogP contribution in [0.1, 0.15) is 29.6 Å². The number of hydrogen-bond acceptors (Lipinski definition) is 5. The molecule has 7 heteroatoms. The van der Waals surface area contributed by atoms with Gasteiger partial charge in [-0.1, -0.05) is 16.8 Å². The molecule has 2 aromatic rings. The van der Waals surface area contributed by atoms with Gasteiger partial charge in [-0.05, 0) is 44.0 Å². The van der Waals surface area contributed by atoms with E-state index in [2.05, 4.69) is 10.1 Å². The van der Waals surface area contributed by atoms with E-state index in [9.17, 15) is 4.79 Å². The van der Waals surface area contributed by atoms with Gasteiger partial charge in [-0.25, -0.2) is 0 Å². The Balaban J connectivity index is 1.54. The number of benzene rings is 1. The van der Waals surface area contributed by atoms with E-state index in [-0.39, 0.29) is 18.4 Å². The van der Waals surface area contributed by atoms with E-state index in [4.69, 9.17) is 20.9 Å². The predicted octanol–water partition coefficient (Wildman–Crippen LogP) is 2.73. The maximum atomic E-state index is 12.3. The minimum absolute atomic E-state index is 0.0106. The van der Waals surface area contributed by atoms with E-state index in [1.165, 1.54) is 0 Å². The van der Waals surface area contributed by atoms with Crippen LogP contribution in [0.15, 0.2) is 22.7 Å². The number of aromatic nitrogens is 2. The molecule has 3 rings (SSSR count). The standard InChI is InChI=1S/C16H18ClN3O3/c1-10-7-13(3-4-14(10)17)22-9-15(21)20-6-5-12(8-20)16-18-11(2)19-23-16/h3-4,7,12H,5-6,8-9H2,1-2H3/t12-/m0/s1. The lowest BCUT2D eigenvalue weighted by atomic mass is 10.1. The molecule has 0 saturated carbocycles. The van der Waals surface area contributed by atoms with E-state index in [0.717, 1.165) is 12.0 Å². The Labute approximate surface area is 139 Å². The lowest BCUT2D eigenvalue weighted by Crippen LogP contribution is -2.32. The maximum Gasteiger partial charge on any atom is 0.260 e. The first-order valence-electron chi connectivity index (χ1n) is 7.50. The molecule has 1 aliphatic rings. The quantitative estimate of drug-likeness (QED) is 0.859. The lowest BCUT2D eigenvalue weighted by molar-refractivity contribution is -0.132. The summed E-state index contributed by atoms with van der Waals surface area (Å²) in [6, 6.07) is 5.35. The van der Waals surface area contributed by atoms with Gasteiger partial charge in [0.2, 0.25) is 5.89 Å². The number of aryl methyl sites for hydroxylation is 2. The molecule has 1 amide bonds. The SMILES string of the molecule is Cc1noc([C@H]2CCN(C(=O)COc3ccc(Cl)c(C)c3)C2)n1. The van der Waals surface area contributed by atoms with Crippen LogP contribution >= 0.6 is 11.6 Å². The van der Waals surface area contributed by atoms with Crippen molar-refractivity contribution >= 4 is 17.5 Å². The molecule has 1 saturated heterocycles. The van der Waals surface area contributed by atoms with Gasteiger partial charge >= 0.3 is 0 Å². The van der Waals surface area contributed by atoms with Gasteiger partial charge < -0.3 is 14.2 Å². The molecule has 1 atom stereocenters. The smallest absolute Gasteiger partial charge is 0.260 e. The summed E-state index contributed by atoms with van der Waals surface area (Å²) in [5.74, 6) is 1.93. The topological polar surface area (TPSA) is 68.5 Å². The maximum absolute atomic E-state index is 12.3. The fourth-order valence-electron chi connectivity index (χ4n) is 2.61. The summed E-state index contributed by atoms with van der Waals surface area (Å²) in [6.45, 7) is 4.95. The zero-order valence-corrected chi connectivity index (χ0v) is 13.8. The third-order valence-electron chi connectivity index (χ3n) is 3.93. The van der Waals surface area contributed by atoms with E-state index in [1.807, 2.05) is 13.0 Å². The molecular weight excluding hydrogens is 318 g/mol. The van der Waals surface area contributed by atoms with Gasteiger partial charge in [-0.15, -0.1) is 0 Å². The molecule has 1 aromatic heterocycles. The molecule has 1 aliphatic heterocycles. The van der Waals surface area contributed by atoms with Gasteiger partial charge in [0, 0.05) is 18.1 Å². The molecule has 0 aliphatic carbocycles. The number of halogens is 1. The summed E-state index contributed by atoms with van der Waals surface area (Å²) < 4.78 is 10.7. The first-order chi connectivity index (χ1) is 11.0. The second kappa shape index (κ2) is 6.58. The molecular formula is C16H18ClN3O3. The number of ether oxygens (including phenoxy) is 1. The van der Waals surface area contributed by atoms with Gasteiger partial charge in [-0.3, -0.25) is 4.79 Å². The molecule has 122 valence electrons. The highest BCUT2D eigenvalue weighted by Crippen LogP contribution is 2.26. The molecule has 23 heavy (non-hydrogen) atoms. The van der Waals surface area contributed by atoms with E-state index in [0.29, 0.717) is 35.6 Å². The minimum atomic E-state index is -0.0451. The predicted molar refractivity (Wildman–Crippen MR) is 84.7 cm³/mol. The molecule has 0 bridgehead atoms. The third kappa shape index (κ3) is 3.64. The Morgan fingerprint density at radius 3 is 3.00 bits per heavy atom. The summed E-state index contributed by atoms with van der Waals surface area (Å²) >= 11 is 5.97. The highest BCUT2D eigenvalue weighted by atomic mass is 35.5. The van der Waals surface area contributed by atoms with Crippen molar-refractivity contribution in [1.29, 1.82) is 0 Å². The molecule has 0 unspecified atom stereocenters. The third-order valence-corrected chi connectivity index (χ3v) is 4.35. The summed E-state index contributed by atoms with van der Waals surface area (Å²) in [5, 5.41) is 4.48. The van der Waals surface area contributed by atoms with Crippen LogP contribution in [0.3, 0.4) is 0 Å². The van der Waals surface area contributed by atoms with Gasteiger partial charge in [0.25, 0.3) is 5.91 Å². The zero-order chi connectivity index (χ0) is 16.4. The summed E-state index contributed by atoms with van der Waals surface area (Å²) in [6.07, 6.45) is 0.827. The number of hydrogen-bond donors (Lipinski definition) is 0. The van der Waals surface area contributed by atoms with E-state index >= 15 is 0 Å². The minimum Gasteiger partial charge on any atom is -0.484 e. The number of nitrogens with zero attached hydrogens (tertiary/aromatic N) is 3. The molecule has 1 fully saturated rings. The van der Waals surface area contributed by atoms with Crippen molar-refractivity contribution in [3.05, 3.63) is 40.5 Å². The molecule has 0 N–H and O–H groups in total. The van der Waals surface area contributed by atoms with Crippen molar-refractivity contribution in [2.75, 3.05) is 19.7 Å². The van der Waals surface area contributed by atoms with Crippen LogP contribution in [0.5, 0.6) is 5.75 Å². The normalized spacial score (nSPS) is 17.5. The van der Waals surface area contributed by atoms with Gasteiger partial charge in [0.1, 0.15) is 5.75 Å². The van der Waals surface area contributed by atoms with Crippen LogP contribution < -0.4 is 4.74 Å². The zero-order valence-electron chi connectivity index (χ0n) is 13.1. The first kappa shape index (κ1) is 15.8. The average molecular weight is 336 g/mol. The summed E-state index contributed by atoms with van der Waals surface area (Å²) in [4.78, 5) is 18.3. The van der Waals surface area contributed by atoms with E-state index < -0.39 is 0 Å². The van der Waals surface area contributed by atoms with Crippen LogP contribution in [-0.2, 0) is 4.79 Å². The number of carbonyl (C=O) groups excluding carboxylic acids is 1. The highest BCUT2D eigenvalue weighted by Gasteiger charge is 2.30. The van der Waals surface area contributed by atoms with Crippen LogP contribution in [0, 0.1) is 13.8 Å². The first-order valence-corrected chi connectivity index (χ1v) is 7.87. The van der Waals surface area contributed by atoms with Crippen LogP contribution in [-0.4, -0.2) is 40.6 Å². The van der Waals surface area contributed by atoms with Gasteiger partial charge in [-0.2, -0.15) is 4.98 Å². The molecule has 6 nitrogen and oxygen atoms in total. The summed E-state index contributed by atoms with van der Waals surface area (Å²) in [5.41, 5.74) is 0.921. The van der Waals surface area contributed by atoms with E-state index in [1.54, 1.807) is 24.0 Å². The molecule has 1 aromatic carbocycles. The second-order valence-electron chi connectivity index (χ2n) is 5.70. The monoisotopic (exact) mass is 335 g/mol. The highest BCUT2D eigenvalue weighted by molar-refractivity contribution is 6.31. The fourth-order valence-corrected chi connectivity index (χ4v) is 2.73. The molecule has 2 heterocycles. The lowest BCUT2D eigenvalue weighted by Gasteiger charge is -2.16. The molecule has 0 spiro atoms. The van der Waals surface area contributed by atoms with Crippen LogP contribution in [0.4, 0.5) is 0 Å². The number of carbonyl (C=O) groups is 1. The van der Waals surface area contributed by atoms with Crippen molar-refractivity contribution in [3.63, 3.8) is 0 Å². The second-order valence-corrected chi connectivity index (χ2v) is 6.11. The van der Waals surface area contributed by atoms with Gasteiger partial charge in [0.05, 0.1) is 5.92 Å². The largest absolute Gasteiger partial charge is 0.484 e. The Hall–Kier alpha value is -2.08. The van der Waals surface area contributed by atoms with Crippen molar-refractivity contribution in [2.45, 2.75) is 26.2 Å². The number of amides is 1. The van der Waals surface area contributed by atoms with Crippen molar-refractivity contribution in [2.24, 2.45) is 0 Å². The number of likely N-dealkylation sites (tertiary alicyclic amines) is 1. The van der Waals surface area contributed by atoms with Crippen LogP contribution in [0.2, 0.25) is 5.02 Å². The number of rotatable bonds is 4. The Kier molecular flexibility index (Phi) is 4.52. The van der Waals surface area contributed by atoms with Crippen molar-refractivity contribution in [1.82, 2.24) is 15.0 Å². The Bertz CT molecular complexity index is 716. The summed E-state index contributed by atoms with van der Waals surface area (Å²) in [7, 11) is 0. The van der Waals surface area contributed by atoms with Crippen LogP contribution in [0.25, 0.3) is 0 Å². The Morgan fingerprint density at radius 2 is 2.30 bits per heavy atom. The van der Waals surface area contributed by atoms with Gasteiger partial charge in [0.15, 0.2) is 12.4 Å². The van der Waals surface area contributed by atoms with Crippen molar-refractivity contribution < 1.29 is 14.1 Å². The average Bonchev–Trinajstić information content (AvgIpc) is 3.17. The molecule has 0 radical (unpaired) electrons.